The van der Waals surface area contributed by atoms with E-state index >= 15 is 0 Å². The van der Waals surface area contributed by atoms with Crippen LogP contribution >= 0.6 is 11.6 Å². The number of halogens is 1. The average molecular weight is 352 g/mol. The third-order valence-electron chi connectivity index (χ3n) is 3.25. The fourth-order valence-corrected chi connectivity index (χ4v) is 3.13. The van der Waals surface area contributed by atoms with Gasteiger partial charge in [0, 0.05) is 29.3 Å². The Labute approximate surface area is 139 Å². The fraction of sp³-hybridized carbons (Fsp3) is 0.188. The molecular formula is C16H14ClNO4S. The lowest BCUT2D eigenvalue weighted by Crippen LogP contribution is -2.00. The monoisotopic (exact) mass is 351 g/mol. The minimum absolute atomic E-state index is 0.0463. The van der Waals surface area contributed by atoms with Crippen LogP contribution in [0.5, 0.6) is 11.5 Å². The van der Waals surface area contributed by atoms with Gasteiger partial charge in [0.1, 0.15) is 0 Å². The summed E-state index contributed by atoms with van der Waals surface area (Å²) in [6, 6.07) is 11.3. The number of sulfonamides is 1. The highest BCUT2D eigenvalue weighted by Gasteiger charge is 2.17. The molecule has 0 unspecified atom stereocenters. The molecule has 0 aliphatic carbocycles. The van der Waals surface area contributed by atoms with Gasteiger partial charge in [-0.3, -0.25) is 0 Å². The van der Waals surface area contributed by atoms with Crippen LogP contribution in [0.4, 0.5) is 0 Å². The van der Waals surface area contributed by atoms with Crippen molar-refractivity contribution in [1.29, 1.82) is 0 Å². The zero-order valence-electron chi connectivity index (χ0n) is 12.1. The van der Waals surface area contributed by atoms with Crippen LogP contribution in [0.25, 0.3) is 0 Å². The Morgan fingerprint density at radius 3 is 2.57 bits per heavy atom. The van der Waals surface area contributed by atoms with Gasteiger partial charge < -0.3 is 9.47 Å². The molecule has 0 spiro atoms. The standard InChI is InChI=1S/C16H14ClNO4S/c17-14-5-2-1-4-12(14)11-18-23(19,20)13-6-7-15-16(10-13)22-9-3-8-21-15/h1-2,4-7,10-11H,3,8-9H2/b18-11-. The summed E-state index contributed by atoms with van der Waals surface area (Å²) >= 11 is 5.99. The van der Waals surface area contributed by atoms with Crippen molar-refractivity contribution >= 4 is 27.8 Å². The van der Waals surface area contributed by atoms with Gasteiger partial charge in [-0.05, 0) is 18.2 Å². The predicted molar refractivity (Wildman–Crippen MR) is 88.3 cm³/mol. The van der Waals surface area contributed by atoms with E-state index in [4.69, 9.17) is 21.1 Å². The Morgan fingerprint density at radius 2 is 1.78 bits per heavy atom. The van der Waals surface area contributed by atoms with Crippen molar-refractivity contribution in [2.45, 2.75) is 11.3 Å². The summed E-state index contributed by atoms with van der Waals surface area (Å²) in [7, 11) is -3.85. The summed E-state index contributed by atoms with van der Waals surface area (Å²) < 4.78 is 39.4. The summed E-state index contributed by atoms with van der Waals surface area (Å²) in [6.07, 6.45) is 1.99. The number of fused-ring (bicyclic) bond motifs is 1. The molecule has 2 aromatic carbocycles. The molecule has 3 rings (SSSR count). The van der Waals surface area contributed by atoms with Crippen molar-refractivity contribution in [1.82, 2.24) is 0 Å². The SMILES string of the molecule is O=S(=O)(/N=C\c1ccccc1Cl)c1ccc2c(c1)OCCCO2. The van der Waals surface area contributed by atoms with Crippen LogP contribution < -0.4 is 9.47 Å². The summed E-state index contributed by atoms with van der Waals surface area (Å²) in [5.74, 6) is 0.952. The number of hydrogen-bond donors (Lipinski definition) is 0. The largest absolute Gasteiger partial charge is 0.490 e. The van der Waals surface area contributed by atoms with Crippen LogP contribution in [0.15, 0.2) is 51.8 Å². The van der Waals surface area contributed by atoms with E-state index in [1.165, 1.54) is 18.3 Å². The maximum absolute atomic E-state index is 12.4. The van der Waals surface area contributed by atoms with Crippen molar-refractivity contribution in [3.63, 3.8) is 0 Å². The second-order valence-electron chi connectivity index (χ2n) is 4.89. The molecule has 1 heterocycles. The smallest absolute Gasteiger partial charge is 0.282 e. The molecule has 1 aliphatic rings. The number of nitrogens with zero attached hydrogens (tertiary/aromatic N) is 1. The second kappa shape index (κ2) is 6.60. The van der Waals surface area contributed by atoms with E-state index in [-0.39, 0.29) is 4.90 Å². The van der Waals surface area contributed by atoms with Gasteiger partial charge in [0.15, 0.2) is 11.5 Å². The van der Waals surface area contributed by atoms with Gasteiger partial charge in [-0.1, -0.05) is 29.8 Å². The molecule has 120 valence electrons. The highest BCUT2D eigenvalue weighted by molar-refractivity contribution is 7.90. The van der Waals surface area contributed by atoms with Gasteiger partial charge in [-0.15, -0.1) is 0 Å². The molecule has 0 N–H and O–H groups in total. The molecule has 0 bridgehead atoms. The lowest BCUT2D eigenvalue weighted by Gasteiger charge is -2.08. The van der Waals surface area contributed by atoms with Gasteiger partial charge in [-0.25, -0.2) is 0 Å². The van der Waals surface area contributed by atoms with Crippen LogP contribution in [0.2, 0.25) is 5.02 Å². The zero-order valence-corrected chi connectivity index (χ0v) is 13.7. The number of ether oxygens (including phenoxy) is 2. The van der Waals surface area contributed by atoms with E-state index < -0.39 is 10.0 Å². The highest BCUT2D eigenvalue weighted by atomic mass is 35.5. The molecule has 2 aromatic rings. The van der Waals surface area contributed by atoms with Crippen molar-refractivity contribution in [3.05, 3.63) is 53.1 Å². The van der Waals surface area contributed by atoms with Crippen LogP contribution in [-0.4, -0.2) is 27.8 Å². The number of hydrogen-bond acceptors (Lipinski definition) is 4. The minimum Gasteiger partial charge on any atom is -0.490 e. The molecule has 0 fully saturated rings. The fourth-order valence-electron chi connectivity index (χ4n) is 2.07. The van der Waals surface area contributed by atoms with E-state index in [9.17, 15) is 8.42 Å². The van der Waals surface area contributed by atoms with E-state index in [2.05, 4.69) is 4.40 Å². The van der Waals surface area contributed by atoms with Crippen LogP contribution in [-0.2, 0) is 10.0 Å². The maximum Gasteiger partial charge on any atom is 0.282 e. The Morgan fingerprint density at radius 1 is 1.04 bits per heavy atom. The second-order valence-corrected chi connectivity index (χ2v) is 6.93. The summed E-state index contributed by atoms with van der Waals surface area (Å²) in [6.45, 7) is 1.03. The van der Waals surface area contributed by atoms with E-state index in [0.717, 1.165) is 6.42 Å². The third-order valence-corrected chi connectivity index (χ3v) is 4.83. The number of benzene rings is 2. The van der Waals surface area contributed by atoms with Crippen molar-refractivity contribution in [3.8, 4) is 11.5 Å². The minimum atomic E-state index is -3.85. The van der Waals surface area contributed by atoms with Crippen molar-refractivity contribution in [2.75, 3.05) is 13.2 Å². The van der Waals surface area contributed by atoms with Crippen molar-refractivity contribution in [2.24, 2.45) is 4.40 Å². The average Bonchev–Trinajstić information content (AvgIpc) is 2.78. The molecule has 1 aliphatic heterocycles. The molecule has 7 heteroatoms. The van der Waals surface area contributed by atoms with Gasteiger partial charge in [0.05, 0.1) is 18.1 Å². The molecule has 0 radical (unpaired) electrons. The lowest BCUT2D eigenvalue weighted by molar-refractivity contribution is 0.297. The Balaban J connectivity index is 1.91. The highest BCUT2D eigenvalue weighted by Crippen LogP contribution is 2.32. The molecule has 0 atom stereocenters. The molecule has 0 amide bonds. The molecule has 0 saturated heterocycles. The first-order chi connectivity index (χ1) is 11.1. The first kappa shape index (κ1) is 15.8. The summed E-state index contributed by atoms with van der Waals surface area (Å²) in [5.41, 5.74) is 0.534. The maximum atomic E-state index is 12.4. The molecular weight excluding hydrogens is 338 g/mol. The Hall–Kier alpha value is -2.05. The molecule has 0 aromatic heterocycles. The molecule has 0 saturated carbocycles. The van der Waals surface area contributed by atoms with E-state index in [0.29, 0.717) is 35.3 Å². The van der Waals surface area contributed by atoms with Crippen LogP contribution in [0.1, 0.15) is 12.0 Å². The first-order valence-corrected chi connectivity index (χ1v) is 8.82. The summed E-state index contributed by atoms with van der Waals surface area (Å²) in [4.78, 5) is 0.0463. The van der Waals surface area contributed by atoms with Crippen LogP contribution in [0.3, 0.4) is 0 Å². The lowest BCUT2D eigenvalue weighted by atomic mass is 10.2. The normalized spacial score (nSPS) is 14.7. The van der Waals surface area contributed by atoms with Gasteiger partial charge >= 0.3 is 0 Å². The van der Waals surface area contributed by atoms with Crippen LogP contribution in [0, 0.1) is 0 Å². The Kier molecular flexibility index (Phi) is 4.54. The number of rotatable bonds is 3. The topological polar surface area (TPSA) is 65.0 Å². The summed E-state index contributed by atoms with van der Waals surface area (Å²) in [5, 5.41) is 0.435. The Bertz CT molecular complexity index is 849. The predicted octanol–water partition coefficient (Wildman–Crippen LogP) is 3.31. The van der Waals surface area contributed by atoms with Gasteiger partial charge in [0.25, 0.3) is 10.0 Å². The molecule has 5 nitrogen and oxygen atoms in total. The van der Waals surface area contributed by atoms with Gasteiger partial charge in [0.2, 0.25) is 0 Å². The van der Waals surface area contributed by atoms with Crippen molar-refractivity contribution < 1.29 is 17.9 Å². The zero-order chi connectivity index (χ0) is 16.3. The van der Waals surface area contributed by atoms with Gasteiger partial charge in [-0.2, -0.15) is 12.8 Å². The van der Waals surface area contributed by atoms with E-state index in [1.807, 2.05) is 0 Å². The quantitative estimate of drug-likeness (QED) is 0.796. The van der Waals surface area contributed by atoms with E-state index in [1.54, 1.807) is 30.3 Å². The molecule has 23 heavy (non-hydrogen) atoms. The first-order valence-electron chi connectivity index (χ1n) is 7.01. The third kappa shape index (κ3) is 3.65.